The third-order valence-corrected chi connectivity index (χ3v) is 2.62. The van der Waals surface area contributed by atoms with Gasteiger partial charge in [0.05, 0.1) is 0 Å². The molecule has 0 spiro atoms. The zero-order valence-electron chi connectivity index (χ0n) is 12.0. The lowest BCUT2D eigenvalue weighted by Crippen LogP contribution is -2.19. The Morgan fingerprint density at radius 3 is 2.72 bits per heavy atom. The van der Waals surface area contributed by atoms with Crippen molar-refractivity contribution in [3.8, 4) is 5.75 Å². The minimum Gasteiger partial charge on any atom is -0.489 e. The Labute approximate surface area is 111 Å². The van der Waals surface area contributed by atoms with Gasteiger partial charge in [0.2, 0.25) is 0 Å². The van der Waals surface area contributed by atoms with Gasteiger partial charge in [0.25, 0.3) is 0 Å². The number of aryl methyl sites for hydroxylation is 1. The fourth-order valence-electron chi connectivity index (χ4n) is 1.75. The average molecular weight is 247 g/mol. The van der Waals surface area contributed by atoms with Gasteiger partial charge >= 0.3 is 0 Å². The maximum absolute atomic E-state index is 5.85. The van der Waals surface area contributed by atoms with Crippen molar-refractivity contribution in [3.05, 3.63) is 41.5 Å². The molecule has 2 nitrogen and oxygen atoms in total. The van der Waals surface area contributed by atoms with Crippen molar-refractivity contribution < 1.29 is 4.74 Å². The van der Waals surface area contributed by atoms with Crippen molar-refractivity contribution in [2.24, 2.45) is 5.92 Å². The summed E-state index contributed by atoms with van der Waals surface area (Å²) in [7, 11) is 0. The Morgan fingerprint density at radius 1 is 1.39 bits per heavy atom. The number of para-hydroxylation sites is 1. The summed E-state index contributed by atoms with van der Waals surface area (Å²) in [4.78, 5) is 0. The largest absolute Gasteiger partial charge is 0.489 e. The molecule has 1 N–H and O–H groups in total. The molecule has 0 aliphatic heterocycles. The molecule has 1 aromatic carbocycles. The highest BCUT2D eigenvalue weighted by Crippen LogP contribution is 2.23. The van der Waals surface area contributed by atoms with Crippen molar-refractivity contribution in [1.29, 1.82) is 0 Å². The fraction of sp³-hybridized carbons (Fsp3) is 0.500. The number of hydrogen-bond acceptors (Lipinski definition) is 2. The average Bonchev–Trinajstić information content (AvgIpc) is 2.27. The SMILES string of the molecule is C=C(C)COc1c(C)cccc1CNCC(C)C. The Morgan fingerprint density at radius 2 is 2.11 bits per heavy atom. The Bertz CT molecular complexity index is 396. The van der Waals surface area contributed by atoms with Crippen LogP contribution in [0.3, 0.4) is 0 Å². The van der Waals surface area contributed by atoms with Crippen molar-refractivity contribution >= 4 is 0 Å². The first-order valence-corrected chi connectivity index (χ1v) is 6.57. The van der Waals surface area contributed by atoms with E-state index in [-0.39, 0.29) is 0 Å². The van der Waals surface area contributed by atoms with Crippen LogP contribution in [0.2, 0.25) is 0 Å². The summed E-state index contributed by atoms with van der Waals surface area (Å²) in [5.41, 5.74) is 3.44. The monoisotopic (exact) mass is 247 g/mol. The highest BCUT2D eigenvalue weighted by Gasteiger charge is 2.07. The van der Waals surface area contributed by atoms with Gasteiger partial charge in [-0.3, -0.25) is 0 Å². The van der Waals surface area contributed by atoms with Gasteiger partial charge in [0.1, 0.15) is 12.4 Å². The summed E-state index contributed by atoms with van der Waals surface area (Å²) in [6.07, 6.45) is 0. The molecule has 1 rings (SSSR count). The minimum absolute atomic E-state index is 0.585. The Hall–Kier alpha value is -1.28. The van der Waals surface area contributed by atoms with Gasteiger partial charge in [-0.05, 0) is 37.4 Å². The number of ether oxygens (including phenoxy) is 1. The maximum Gasteiger partial charge on any atom is 0.127 e. The molecule has 2 heteroatoms. The van der Waals surface area contributed by atoms with E-state index in [1.54, 1.807) is 0 Å². The van der Waals surface area contributed by atoms with Gasteiger partial charge < -0.3 is 10.1 Å². The number of rotatable bonds is 7. The standard InChI is InChI=1S/C16H25NO/c1-12(2)9-17-10-15-8-6-7-14(5)16(15)18-11-13(3)4/h6-8,12,17H,3,9-11H2,1-2,4-5H3. The summed E-state index contributed by atoms with van der Waals surface area (Å²) in [5.74, 6) is 1.66. The zero-order valence-corrected chi connectivity index (χ0v) is 12.0. The highest BCUT2D eigenvalue weighted by atomic mass is 16.5. The van der Waals surface area contributed by atoms with Crippen LogP contribution in [0.15, 0.2) is 30.4 Å². The van der Waals surface area contributed by atoms with E-state index >= 15 is 0 Å². The molecule has 0 aromatic heterocycles. The second kappa shape index (κ2) is 7.22. The van der Waals surface area contributed by atoms with Crippen LogP contribution in [0.5, 0.6) is 5.75 Å². The number of hydrogen-bond donors (Lipinski definition) is 1. The molecule has 0 aliphatic rings. The van der Waals surface area contributed by atoms with E-state index in [1.807, 2.05) is 6.92 Å². The lowest BCUT2D eigenvalue weighted by Gasteiger charge is -2.15. The molecule has 18 heavy (non-hydrogen) atoms. The first kappa shape index (κ1) is 14.8. The first-order chi connectivity index (χ1) is 8.50. The van der Waals surface area contributed by atoms with Crippen LogP contribution >= 0.6 is 0 Å². The summed E-state index contributed by atoms with van der Waals surface area (Å²) in [5, 5.41) is 3.45. The van der Waals surface area contributed by atoms with E-state index < -0.39 is 0 Å². The smallest absolute Gasteiger partial charge is 0.127 e. The number of benzene rings is 1. The van der Waals surface area contributed by atoms with Gasteiger partial charge in [0.15, 0.2) is 0 Å². The molecule has 0 atom stereocenters. The molecule has 100 valence electrons. The van der Waals surface area contributed by atoms with Crippen LogP contribution in [-0.2, 0) is 6.54 Å². The molecule has 0 radical (unpaired) electrons. The van der Waals surface area contributed by atoms with Crippen LogP contribution in [0.1, 0.15) is 31.9 Å². The Balaban J connectivity index is 2.70. The first-order valence-electron chi connectivity index (χ1n) is 6.57. The fourth-order valence-corrected chi connectivity index (χ4v) is 1.75. The summed E-state index contributed by atoms with van der Waals surface area (Å²) >= 11 is 0. The van der Waals surface area contributed by atoms with Crippen molar-refractivity contribution in [2.75, 3.05) is 13.2 Å². The van der Waals surface area contributed by atoms with Gasteiger partial charge in [-0.2, -0.15) is 0 Å². The minimum atomic E-state index is 0.585. The maximum atomic E-state index is 5.85. The molecular formula is C16H25NO. The number of nitrogens with one attached hydrogen (secondary N) is 1. The van der Waals surface area contributed by atoms with E-state index in [2.05, 4.69) is 50.9 Å². The molecule has 0 amide bonds. The van der Waals surface area contributed by atoms with Gasteiger partial charge in [-0.15, -0.1) is 0 Å². The molecule has 0 saturated carbocycles. The van der Waals surface area contributed by atoms with E-state index in [0.29, 0.717) is 12.5 Å². The van der Waals surface area contributed by atoms with Crippen LogP contribution in [-0.4, -0.2) is 13.2 Å². The highest BCUT2D eigenvalue weighted by molar-refractivity contribution is 5.40. The van der Waals surface area contributed by atoms with Crippen LogP contribution in [0.25, 0.3) is 0 Å². The van der Waals surface area contributed by atoms with E-state index in [1.165, 1.54) is 11.1 Å². The second-order valence-corrected chi connectivity index (χ2v) is 5.33. The lowest BCUT2D eigenvalue weighted by molar-refractivity contribution is 0.345. The normalized spacial score (nSPS) is 10.7. The molecule has 1 aromatic rings. The molecule has 0 saturated heterocycles. The summed E-state index contributed by atoms with van der Waals surface area (Å²) in [6.45, 7) is 14.8. The van der Waals surface area contributed by atoms with E-state index in [4.69, 9.17) is 4.74 Å². The van der Waals surface area contributed by atoms with Crippen LogP contribution < -0.4 is 10.1 Å². The van der Waals surface area contributed by atoms with Gasteiger partial charge in [-0.1, -0.05) is 38.6 Å². The predicted octanol–water partition coefficient (Wildman–Crippen LogP) is 3.70. The van der Waals surface area contributed by atoms with Gasteiger partial charge in [-0.25, -0.2) is 0 Å². The third kappa shape index (κ3) is 4.92. The van der Waals surface area contributed by atoms with Gasteiger partial charge in [0, 0.05) is 12.1 Å². The molecule has 0 unspecified atom stereocenters. The molecule has 0 heterocycles. The van der Waals surface area contributed by atoms with Crippen molar-refractivity contribution in [3.63, 3.8) is 0 Å². The molecular weight excluding hydrogens is 222 g/mol. The molecule has 0 aliphatic carbocycles. The second-order valence-electron chi connectivity index (χ2n) is 5.33. The zero-order chi connectivity index (χ0) is 13.5. The molecule has 0 fully saturated rings. The van der Waals surface area contributed by atoms with Crippen molar-refractivity contribution in [2.45, 2.75) is 34.2 Å². The van der Waals surface area contributed by atoms with E-state index in [0.717, 1.165) is 24.4 Å². The predicted molar refractivity (Wildman–Crippen MR) is 78.0 cm³/mol. The molecule has 0 bridgehead atoms. The van der Waals surface area contributed by atoms with Crippen molar-refractivity contribution in [1.82, 2.24) is 5.32 Å². The summed E-state index contributed by atoms with van der Waals surface area (Å²) < 4.78 is 5.85. The topological polar surface area (TPSA) is 21.3 Å². The van der Waals surface area contributed by atoms with Crippen LogP contribution in [0.4, 0.5) is 0 Å². The van der Waals surface area contributed by atoms with Crippen LogP contribution in [0, 0.1) is 12.8 Å². The summed E-state index contributed by atoms with van der Waals surface area (Å²) in [6, 6.07) is 6.28. The van der Waals surface area contributed by atoms with E-state index in [9.17, 15) is 0 Å². The lowest BCUT2D eigenvalue weighted by atomic mass is 10.1. The third-order valence-electron chi connectivity index (χ3n) is 2.62. The quantitative estimate of drug-likeness (QED) is 0.742. The Kier molecular flexibility index (Phi) is 5.93.